The van der Waals surface area contributed by atoms with Gasteiger partial charge in [0, 0.05) is 12.1 Å². The van der Waals surface area contributed by atoms with Crippen LogP contribution in [0.25, 0.3) is 10.2 Å². The average molecular weight is 370 g/mol. The Morgan fingerprint density at radius 2 is 2.08 bits per heavy atom. The lowest BCUT2D eigenvalue weighted by Crippen LogP contribution is -2.42. The number of carbonyl (C=O) groups excluding carboxylic acids is 3. The van der Waals surface area contributed by atoms with E-state index in [1.165, 1.54) is 23.3 Å². The number of aromatic nitrogens is 1. The molecule has 1 aromatic heterocycles. The minimum absolute atomic E-state index is 0.159. The topological polar surface area (TPSA) is 117 Å². The quantitative estimate of drug-likeness (QED) is 0.682. The minimum Gasteiger partial charge on any atom is -0.346 e. The van der Waals surface area contributed by atoms with E-state index in [-0.39, 0.29) is 25.5 Å². The fourth-order valence-corrected chi connectivity index (χ4v) is 2.95. The van der Waals surface area contributed by atoms with Gasteiger partial charge in [0.25, 0.3) is 0 Å². The van der Waals surface area contributed by atoms with Crippen molar-refractivity contribution >= 4 is 56.0 Å². The molecule has 3 amide bonds. The third kappa shape index (κ3) is 4.88. The Labute approximate surface area is 147 Å². The molecular weight excluding hydrogens is 354 g/mol. The normalized spacial score (nSPS) is 10.5. The van der Waals surface area contributed by atoms with Gasteiger partial charge in [0.1, 0.15) is 0 Å². The van der Waals surface area contributed by atoms with Gasteiger partial charge >= 0.3 is 0 Å². The number of amides is 3. The highest BCUT2D eigenvalue weighted by Gasteiger charge is 2.15. The van der Waals surface area contributed by atoms with Crippen LogP contribution in [0.4, 0.5) is 5.13 Å². The lowest BCUT2D eigenvalue weighted by atomic mass is 10.3. The Hall–Kier alpha value is -2.23. The van der Waals surface area contributed by atoms with E-state index in [4.69, 9.17) is 17.3 Å². The summed E-state index contributed by atoms with van der Waals surface area (Å²) in [6.07, 6.45) is 0. The number of hydrogen-bond acceptors (Lipinski definition) is 6. The Morgan fingerprint density at radius 3 is 2.79 bits per heavy atom. The number of fused-ring (bicyclic) bond motifs is 1. The number of nitrogens with two attached hydrogens (primary N) is 1. The van der Waals surface area contributed by atoms with E-state index in [0.29, 0.717) is 10.2 Å². The minimum atomic E-state index is -0.436. The molecule has 4 N–H and O–H groups in total. The maximum atomic E-state index is 12.0. The van der Waals surface area contributed by atoms with Gasteiger partial charge in [0.2, 0.25) is 17.7 Å². The maximum absolute atomic E-state index is 12.0. The summed E-state index contributed by atoms with van der Waals surface area (Å²) in [6.45, 7) is -0.563. The molecule has 0 bridgehead atoms. The molecule has 0 saturated carbocycles. The van der Waals surface area contributed by atoms with Gasteiger partial charge in [-0.05, 0) is 18.2 Å². The highest BCUT2D eigenvalue weighted by Crippen LogP contribution is 2.28. The number of thiazole rings is 1. The van der Waals surface area contributed by atoms with Crippen molar-refractivity contribution in [3.8, 4) is 0 Å². The smallest absolute Gasteiger partial charge is 0.245 e. The van der Waals surface area contributed by atoms with Gasteiger partial charge in [-0.1, -0.05) is 22.9 Å². The van der Waals surface area contributed by atoms with E-state index < -0.39 is 11.8 Å². The Bertz CT molecular complexity index is 779. The zero-order valence-electron chi connectivity index (χ0n) is 12.8. The molecule has 0 fully saturated rings. The third-order valence-electron chi connectivity index (χ3n) is 3.03. The predicted octanol–water partition coefficient (Wildman–Crippen LogP) is 0.421. The van der Waals surface area contributed by atoms with Crippen LogP contribution >= 0.6 is 22.9 Å². The molecule has 24 heavy (non-hydrogen) atoms. The molecule has 2 aromatic rings. The first-order chi connectivity index (χ1) is 11.4. The molecule has 0 aliphatic rings. The summed E-state index contributed by atoms with van der Waals surface area (Å²) in [7, 11) is 1.47. The van der Waals surface area contributed by atoms with Gasteiger partial charge in [-0.25, -0.2) is 4.98 Å². The van der Waals surface area contributed by atoms with Crippen LogP contribution < -0.4 is 16.4 Å². The summed E-state index contributed by atoms with van der Waals surface area (Å²) in [5.74, 6) is -1.22. The second-order valence-electron chi connectivity index (χ2n) is 4.91. The van der Waals surface area contributed by atoms with Crippen molar-refractivity contribution in [3.63, 3.8) is 0 Å². The first-order valence-corrected chi connectivity index (χ1v) is 8.15. The fraction of sp³-hybridized carbons (Fsp3) is 0.286. The standard InChI is InChI=1S/C14H16ClN5O3S/c1-20(13(23)6-17-11(21)5-16)7-12(22)19-14-18-9-3-2-8(15)4-10(9)24-14/h2-4H,5-7,16H2,1H3,(H,17,21)(H,18,19,22). The molecule has 0 radical (unpaired) electrons. The number of nitrogens with zero attached hydrogens (tertiary/aromatic N) is 2. The van der Waals surface area contributed by atoms with E-state index >= 15 is 0 Å². The van der Waals surface area contributed by atoms with Crippen molar-refractivity contribution in [1.29, 1.82) is 0 Å². The second-order valence-corrected chi connectivity index (χ2v) is 6.38. The first-order valence-electron chi connectivity index (χ1n) is 6.95. The van der Waals surface area contributed by atoms with E-state index in [0.717, 1.165) is 10.2 Å². The van der Waals surface area contributed by atoms with Crippen molar-refractivity contribution in [2.45, 2.75) is 0 Å². The Kier molecular flexibility index (Phi) is 6.07. The summed E-state index contributed by atoms with van der Waals surface area (Å²) >= 11 is 7.20. The largest absolute Gasteiger partial charge is 0.346 e. The van der Waals surface area contributed by atoms with Crippen molar-refractivity contribution in [2.75, 3.05) is 32.0 Å². The second kappa shape index (κ2) is 8.04. The highest BCUT2D eigenvalue weighted by atomic mass is 35.5. The van der Waals surface area contributed by atoms with E-state index in [1.54, 1.807) is 18.2 Å². The molecule has 1 aromatic carbocycles. The number of anilines is 1. The summed E-state index contributed by atoms with van der Waals surface area (Å²) in [6, 6.07) is 5.25. The number of benzene rings is 1. The van der Waals surface area contributed by atoms with Crippen molar-refractivity contribution in [2.24, 2.45) is 5.73 Å². The van der Waals surface area contributed by atoms with Gasteiger partial charge in [0.05, 0.1) is 29.9 Å². The Morgan fingerprint density at radius 1 is 1.33 bits per heavy atom. The number of carbonyl (C=O) groups is 3. The summed E-state index contributed by atoms with van der Waals surface area (Å²) in [5.41, 5.74) is 5.86. The fourth-order valence-electron chi connectivity index (χ4n) is 1.80. The van der Waals surface area contributed by atoms with Gasteiger partial charge in [-0.3, -0.25) is 14.4 Å². The SMILES string of the molecule is CN(CC(=O)Nc1nc2ccc(Cl)cc2s1)C(=O)CNC(=O)CN. The molecule has 0 aliphatic carbocycles. The van der Waals surface area contributed by atoms with Crippen LogP contribution in [-0.2, 0) is 14.4 Å². The molecule has 0 spiro atoms. The van der Waals surface area contributed by atoms with Gasteiger partial charge in [-0.2, -0.15) is 0 Å². The van der Waals surface area contributed by atoms with Crippen molar-refractivity contribution in [1.82, 2.24) is 15.2 Å². The van der Waals surface area contributed by atoms with Gasteiger partial charge in [-0.15, -0.1) is 0 Å². The molecule has 0 aliphatic heterocycles. The first kappa shape index (κ1) is 18.1. The van der Waals surface area contributed by atoms with Crippen LogP contribution in [-0.4, -0.2) is 54.3 Å². The monoisotopic (exact) mass is 369 g/mol. The van der Waals surface area contributed by atoms with E-state index in [1.807, 2.05) is 0 Å². The van der Waals surface area contributed by atoms with Crippen LogP contribution in [0.5, 0.6) is 0 Å². The summed E-state index contributed by atoms with van der Waals surface area (Å²) < 4.78 is 0.853. The molecule has 8 nitrogen and oxygen atoms in total. The van der Waals surface area contributed by atoms with E-state index in [9.17, 15) is 14.4 Å². The average Bonchev–Trinajstić information content (AvgIpc) is 2.92. The molecule has 10 heteroatoms. The van der Waals surface area contributed by atoms with Crippen LogP contribution in [0.15, 0.2) is 18.2 Å². The van der Waals surface area contributed by atoms with Crippen LogP contribution in [0, 0.1) is 0 Å². The molecule has 1 heterocycles. The molecule has 128 valence electrons. The highest BCUT2D eigenvalue weighted by molar-refractivity contribution is 7.22. The number of hydrogen-bond donors (Lipinski definition) is 3. The molecule has 0 saturated heterocycles. The molecule has 0 atom stereocenters. The van der Waals surface area contributed by atoms with Crippen LogP contribution in [0.3, 0.4) is 0 Å². The van der Waals surface area contributed by atoms with Crippen molar-refractivity contribution < 1.29 is 14.4 Å². The lowest BCUT2D eigenvalue weighted by molar-refractivity contribution is -0.134. The van der Waals surface area contributed by atoms with Gasteiger partial charge in [0.15, 0.2) is 5.13 Å². The zero-order chi connectivity index (χ0) is 17.7. The third-order valence-corrected chi connectivity index (χ3v) is 4.19. The van der Waals surface area contributed by atoms with Gasteiger partial charge < -0.3 is 21.3 Å². The molecule has 0 unspecified atom stereocenters. The lowest BCUT2D eigenvalue weighted by Gasteiger charge is -2.16. The number of likely N-dealkylation sites (N-methyl/N-ethyl adjacent to an activating group) is 1. The van der Waals surface area contributed by atoms with Crippen molar-refractivity contribution in [3.05, 3.63) is 23.2 Å². The zero-order valence-corrected chi connectivity index (χ0v) is 14.4. The van der Waals surface area contributed by atoms with Crippen LogP contribution in [0.2, 0.25) is 5.02 Å². The summed E-state index contributed by atoms with van der Waals surface area (Å²) in [5, 5.41) is 6.00. The van der Waals surface area contributed by atoms with E-state index in [2.05, 4.69) is 15.6 Å². The predicted molar refractivity (Wildman–Crippen MR) is 93.0 cm³/mol. The number of nitrogens with one attached hydrogen (secondary N) is 2. The summed E-state index contributed by atoms with van der Waals surface area (Å²) in [4.78, 5) is 40.3. The maximum Gasteiger partial charge on any atom is 0.245 e. The number of halogens is 1. The van der Waals surface area contributed by atoms with Crippen LogP contribution in [0.1, 0.15) is 0 Å². The molecular formula is C14H16ClN5O3S. The number of rotatable bonds is 6. The molecule has 2 rings (SSSR count). The Balaban J connectivity index is 1.89.